The Balaban J connectivity index is 2.33. The highest BCUT2D eigenvalue weighted by Crippen LogP contribution is 2.24. The van der Waals surface area contributed by atoms with Gasteiger partial charge in [0.2, 0.25) is 10.0 Å². The lowest BCUT2D eigenvalue weighted by Crippen LogP contribution is -2.31. The zero-order chi connectivity index (χ0) is 17.9. The number of halogens is 2. The molecule has 2 aromatic rings. The molecule has 0 saturated carbocycles. The van der Waals surface area contributed by atoms with Gasteiger partial charge < -0.3 is 4.90 Å². The van der Waals surface area contributed by atoms with E-state index in [0.717, 1.165) is 33.8 Å². The van der Waals surface area contributed by atoms with Gasteiger partial charge in [0.25, 0.3) is 0 Å². The van der Waals surface area contributed by atoms with Crippen LogP contribution in [0, 0.1) is 11.6 Å². The molecule has 0 saturated heterocycles. The van der Waals surface area contributed by atoms with E-state index < -0.39 is 26.6 Å². The second kappa shape index (κ2) is 7.27. The molecule has 4 nitrogen and oxygen atoms in total. The molecule has 0 unspecified atom stereocenters. The molecule has 0 N–H and O–H groups in total. The minimum Gasteiger partial charge on any atom is -0.378 e. The molecule has 24 heavy (non-hydrogen) atoms. The van der Waals surface area contributed by atoms with Gasteiger partial charge in [-0.05, 0) is 29.8 Å². The van der Waals surface area contributed by atoms with Gasteiger partial charge in [0.05, 0.1) is 0 Å². The number of benzene rings is 2. The third-order valence-electron chi connectivity index (χ3n) is 3.68. The summed E-state index contributed by atoms with van der Waals surface area (Å²) in [5.41, 5.74) is 1.72. The molecule has 0 radical (unpaired) electrons. The van der Waals surface area contributed by atoms with Crippen molar-refractivity contribution in [2.45, 2.75) is 18.4 Å². The summed E-state index contributed by atoms with van der Waals surface area (Å²) in [6, 6.07) is 10.3. The molecule has 2 aromatic carbocycles. The predicted molar refractivity (Wildman–Crippen MR) is 90.4 cm³/mol. The van der Waals surface area contributed by atoms with E-state index in [1.165, 1.54) is 0 Å². The van der Waals surface area contributed by atoms with Crippen LogP contribution in [0.15, 0.2) is 47.4 Å². The maximum atomic E-state index is 13.9. The molecule has 0 bridgehead atoms. The molecule has 130 valence electrons. The van der Waals surface area contributed by atoms with Crippen LogP contribution in [-0.4, -0.2) is 33.4 Å². The molecular weight excluding hydrogens is 334 g/mol. The molecule has 0 aliphatic heterocycles. The number of rotatable bonds is 6. The topological polar surface area (TPSA) is 40.6 Å². The summed E-state index contributed by atoms with van der Waals surface area (Å²) < 4.78 is 54.0. The SMILES string of the molecule is CCN(Cc1ccc(N(C)C)cc1)S(=O)(=O)c1c(F)cccc1F. The van der Waals surface area contributed by atoms with E-state index in [9.17, 15) is 17.2 Å². The molecule has 0 heterocycles. The first-order valence-electron chi connectivity index (χ1n) is 7.47. The van der Waals surface area contributed by atoms with E-state index in [1.54, 1.807) is 19.1 Å². The molecule has 2 rings (SSSR count). The minimum absolute atomic E-state index is 0.0420. The Morgan fingerprint density at radius 1 is 0.958 bits per heavy atom. The van der Waals surface area contributed by atoms with Crippen LogP contribution in [0.1, 0.15) is 12.5 Å². The predicted octanol–water partition coefficient (Wildman–Crippen LogP) is 3.24. The zero-order valence-corrected chi connectivity index (χ0v) is 14.6. The molecule has 0 aliphatic rings. The van der Waals surface area contributed by atoms with Crippen LogP contribution >= 0.6 is 0 Å². The Kier molecular flexibility index (Phi) is 5.56. The Morgan fingerprint density at radius 2 is 1.50 bits per heavy atom. The Labute approximate surface area is 141 Å². The Morgan fingerprint density at radius 3 is 1.96 bits per heavy atom. The van der Waals surface area contributed by atoms with Gasteiger partial charge in [-0.2, -0.15) is 4.31 Å². The number of sulfonamides is 1. The normalized spacial score (nSPS) is 11.8. The minimum atomic E-state index is -4.26. The van der Waals surface area contributed by atoms with Crippen molar-refractivity contribution < 1.29 is 17.2 Å². The van der Waals surface area contributed by atoms with Crippen molar-refractivity contribution in [1.82, 2.24) is 4.31 Å². The average Bonchev–Trinajstić information content (AvgIpc) is 2.52. The fourth-order valence-electron chi connectivity index (χ4n) is 2.33. The van der Waals surface area contributed by atoms with Crippen molar-refractivity contribution in [2.75, 3.05) is 25.5 Å². The van der Waals surface area contributed by atoms with Gasteiger partial charge in [-0.25, -0.2) is 17.2 Å². The summed E-state index contributed by atoms with van der Waals surface area (Å²) in [5, 5.41) is 0. The number of anilines is 1. The zero-order valence-electron chi connectivity index (χ0n) is 13.8. The van der Waals surface area contributed by atoms with E-state index >= 15 is 0 Å². The molecular formula is C17H20F2N2O2S. The van der Waals surface area contributed by atoms with Crippen molar-refractivity contribution in [3.8, 4) is 0 Å². The first kappa shape index (κ1) is 18.4. The summed E-state index contributed by atoms with van der Waals surface area (Å²) in [4.78, 5) is 1.02. The van der Waals surface area contributed by atoms with Crippen LogP contribution in [0.4, 0.5) is 14.5 Å². The van der Waals surface area contributed by atoms with Gasteiger partial charge in [0, 0.05) is 32.9 Å². The standard InChI is InChI=1S/C17H20F2N2O2S/c1-4-21(12-13-8-10-14(11-9-13)20(2)3)24(22,23)17-15(18)6-5-7-16(17)19/h5-11H,4,12H2,1-3H3. The Hall–Kier alpha value is -1.99. The maximum Gasteiger partial charge on any atom is 0.249 e. The number of hydrogen-bond acceptors (Lipinski definition) is 3. The van der Waals surface area contributed by atoms with Gasteiger partial charge in [0.1, 0.15) is 11.6 Å². The molecule has 0 amide bonds. The van der Waals surface area contributed by atoms with Gasteiger partial charge in [-0.1, -0.05) is 25.1 Å². The Bertz CT molecular complexity index is 786. The van der Waals surface area contributed by atoms with E-state index in [2.05, 4.69) is 0 Å². The highest BCUT2D eigenvalue weighted by molar-refractivity contribution is 7.89. The molecule has 0 aliphatic carbocycles. The summed E-state index contributed by atoms with van der Waals surface area (Å²) in [6.07, 6.45) is 0. The fraction of sp³-hybridized carbons (Fsp3) is 0.294. The maximum absolute atomic E-state index is 13.9. The van der Waals surface area contributed by atoms with Crippen LogP contribution in [0.25, 0.3) is 0 Å². The first-order valence-corrected chi connectivity index (χ1v) is 8.91. The van der Waals surface area contributed by atoms with Gasteiger partial charge in [-0.15, -0.1) is 0 Å². The summed E-state index contributed by atoms with van der Waals surface area (Å²) in [6.45, 7) is 1.77. The van der Waals surface area contributed by atoms with Crippen LogP contribution in [-0.2, 0) is 16.6 Å². The quantitative estimate of drug-likeness (QED) is 0.800. The molecule has 0 spiro atoms. The third kappa shape index (κ3) is 3.73. The lowest BCUT2D eigenvalue weighted by atomic mass is 10.2. The lowest BCUT2D eigenvalue weighted by molar-refractivity contribution is 0.412. The second-order valence-electron chi connectivity index (χ2n) is 5.54. The summed E-state index contributed by atoms with van der Waals surface area (Å²) in [5.74, 6) is -2.17. The van der Waals surface area contributed by atoms with Crippen molar-refractivity contribution in [3.63, 3.8) is 0 Å². The number of hydrogen-bond donors (Lipinski definition) is 0. The van der Waals surface area contributed by atoms with Crippen LogP contribution in [0.3, 0.4) is 0 Å². The van der Waals surface area contributed by atoms with Crippen LogP contribution in [0.2, 0.25) is 0 Å². The first-order chi connectivity index (χ1) is 11.3. The second-order valence-corrected chi connectivity index (χ2v) is 7.42. The van der Waals surface area contributed by atoms with Crippen molar-refractivity contribution in [2.24, 2.45) is 0 Å². The largest absolute Gasteiger partial charge is 0.378 e. The molecule has 0 fully saturated rings. The van der Waals surface area contributed by atoms with Gasteiger partial charge in [-0.3, -0.25) is 0 Å². The lowest BCUT2D eigenvalue weighted by Gasteiger charge is -2.21. The number of nitrogens with zero attached hydrogens (tertiary/aromatic N) is 2. The van der Waals surface area contributed by atoms with E-state index in [-0.39, 0.29) is 13.1 Å². The van der Waals surface area contributed by atoms with Gasteiger partial charge >= 0.3 is 0 Å². The van der Waals surface area contributed by atoms with E-state index in [1.807, 2.05) is 31.1 Å². The van der Waals surface area contributed by atoms with Crippen molar-refractivity contribution in [1.29, 1.82) is 0 Å². The van der Waals surface area contributed by atoms with Crippen molar-refractivity contribution >= 4 is 15.7 Å². The molecule has 0 atom stereocenters. The van der Waals surface area contributed by atoms with E-state index in [4.69, 9.17) is 0 Å². The van der Waals surface area contributed by atoms with Crippen LogP contribution in [0.5, 0.6) is 0 Å². The highest BCUT2D eigenvalue weighted by Gasteiger charge is 2.29. The summed E-state index contributed by atoms with van der Waals surface area (Å²) >= 11 is 0. The monoisotopic (exact) mass is 354 g/mol. The fourth-order valence-corrected chi connectivity index (χ4v) is 3.87. The third-order valence-corrected chi connectivity index (χ3v) is 5.65. The smallest absolute Gasteiger partial charge is 0.249 e. The average molecular weight is 354 g/mol. The van der Waals surface area contributed by atoms with E-state index in [0.29, 0.717) is 0 Å². The molecule has 7 heteroatoms. The molecule has 0 aromatic heterocycles. The van der Waals surface area contributed by atoms with Gasteiger partial charge in [0.15, 0.2) is 4.90 Å². The van der Waals surface area contributed by atoms with Crippen LogP contribution < -0.4 is 4.90 Å². The summed E-state index contributed by atoms with van der Waals surface area (Å²) in [7, 11) is -0.461. The highest BCUT2D eigenvalue weighted by atomic mass is 32.2. The van der Waals surface area contributed by atoms with Crippen molar-refractivity contribution in [3.05, 3.63) is 59.7 Å².